The summed E-state index contributed by atoms with van der Waals surface area (Å²) in [6.07, 6.45) is 0.0576. The van der Waals surface area contributed by atoms with E-state index in [0.717, 1.165) is 0 Å². The molecule has 0 aromatic heterocycles. The topological polar surface area (TPSA) is 65.1 Å². The van der Waals surface area contributed by atoms with Crippen LogP contribution in [0.1, 0.15) is 145 Å². The van der Waals surface area contributed by atoms with Crippen molar-refractivity contribution in [3.05, 3.63) is 35.4 Å². The van der Waals surface area contributed by atoms with Crippen LogP contribution in [-0.4, -0.2) is 56.6 Å². The monoisotopic (exact) mass is 707 g/mol. The molecule has 1 aliphatic heterocycles. The van der Waals surface area contributed by atoms with Gasteiger partial charge in [0, 0.05) is 0 Å². The number of hydrogen-bond acceptors (Lipinski definition) is 5. The van der Waals surface area contributed by atoms with Gasteiger partial charge in [-0.3, -0.25) is 14.5 Å². The molecule has 0 atom stereocenters. The second-order valence-electron chi connectivity index (χ2n) is 16.7. The smallest absolute Gasteiger partial charge is 0.414 e. The molecule has 1 aromatic rings. The number of amides is 2. The van der Waals surface area contributed by atoms with E-state index in [1.165, 1.54) is 4.90 Å². The molecule has 2 rings (SSSR count). The first kappa shape index (κ1) is 41.3. The summed E-state index contributed by atoms with van der Waals surface area (Å²) in [4.78, 5) is 29.8. The summed E-state index contributed by atoms with van der Waals surface area (Å²) in [5, 5.41) is 0. The molecule has 1 aromatic carbocycles. The molecule has 1 heterocycles. The first-order chi connectivity index (χ1) is 21.0. The molecule has 0 saturated carbocycles. The van der Waals surface area contributed by atoms with E-state index in [9.17, 15) is 9.59 Å². The zero-order valence-corrected chi connectivity index (χ0v) is 36.7. The summed E-state index contributed by atoms with van der Waals surface area (Å²) >= 11 is 0. The molecule has 0 N–H and O–H groups in total. The minimum atomic E-state index is -3.89. The highest BCUT2D eigenvalue weighted by Gasteiger charge is 2.65. The highest BCUT2D eigenvalue weighted by atomic mass is 28.5. The molecule has 264 valence electrons. The maximum atomic E-state index is 14.2. The molecule has 0 saturated heterocycles. The average Bonchev–Trinajstić information content (AvgIpc) is 3.16. The van der Waals surface area contributed by atoms with E-state index < -0.39 is 33.8 Å². The van der Waals surface area contributed by atoms with E-state index in [1.807, 2.05) is 12.1 Å². The Morgan fingerprint density at radius 3 is 0.870 bits per heavy atom. The lowest BCUT2D eigenvalue weighted by molar-refractivity contribution is 0.0644. The standard InChI is InChI=1S/C36H69NO5Si4/c1-24(2)44(25(3)4,26(5)6)40-43(41-45(27(7)8,28(9)10)29(11)12,42-46(30(13)14,31(15)16)32(17)18)23-37-35(38)33-21-19-20-22-34(33)36(37)39/h19-22,24-32H,23H2,1-18H3. The molecule has 2 amide bonds. The van der Waals surface area contributed by atoms with Crippen LogP contribution in [0.15, 0.2) is 24.3 Å². The van der Waals surface area contributed by atoms with Gasteiger partial charge < -0.3 is 12.3 Å². The maximum absolute atomic E-state index is 14.2. The summed E-state index contributed by atoms with van der Waals surface area (Å²) < 4.78 is 24.1. The third-order valence-electron chi connectivity index (χ3n) is 11.3. The van der Waals surface area contributed by atoms with Gasteiger partial charge in [-0.25, -0.2) is 0 Å². The van der Waals surface area contributed by atoms with Gasteiger partial charge in [0.15, 0.2) is 25.0 Å². The second kappa shape index (κ2) is 15.3. The summed E-state index contributed by atoms with van der Waals surface area (Å²) in [5.74, 6) is -0.535. The van der Waals surface area contributed by atoms with Gasteiger partial charge in [-0.05, 0) is 62.0 Å². The molecule has 10 heteroatoms. The maximum Gasteiger partial charge on any atom is 0.490 e. The minimum Gasteiger partial charge on any atom is -0.414 e. The van der Waals surface area contributed by atoms with Crippen molar-refractivity contribution >= 4 is 45.6 Å². The van der Waals surface area contributed by atoms with Gasteiger partial charge in [-0.2, -0.15) is 0 Å². The van der Waals surface area contributed by atoms with Gasteiger partial charge in [-0.1, -0.05) is 137 Å². The van der Waals surface area contributed by atoms with E-state index in [0.29, 0.717) is 11.1 Å². The minimum absolute atomic E-state index is 0.0576. The molecule has 0 fully saturated rings. The highest BCUT2D eigenvalue weighted by molar-refractivity contribution is 6.94. The average molecular weight is 708 g/mol. The van der Waals surface area contributed by atoms with Gasteiger partial charge >= 0.3 is 8.80 Å². The summed E-state index contributed by atoms with van der Waals surface area (Å²) in [5.41, 5.74) is 3.37. The quantitative estimate of drug-likeness (QED) is 0.119. The number of fused-ring (bicyclic) bond motifs is 1. The van der Waals surface area contributed by atoms with Gasteiger partial charge in [0.1, 0.15) is 0 Å². The third kappa shape index (κ3) is 7.19. The molecular formula is C36H69NO5Si4. The lowest BCUT2D eigenvalue weighted by Crippen LogP contribution is -2.73. The Labute approximate surface area is 287 Å². The zero-order chi connectivity index (χ0) is 35.7. The third-order valence-corrected chi connectivity index (χ3v) is 36.3. The fraction of sp³-hybridized carbons (Fsp3) is 0.778. The number of benzene rings is 1. The van der Waals surface area contributed by atoms with Crippen LogP contribution in [0.5, 0.6) is 0 Å². The van der Waals surface area contributed by atoms with Crippen molar-refractivity contribution in [2.24, 2.45) is 0 Å². The predicted octanol–water partition coefficient (Wildman–Crippen LogP) is 11.3. The zero-order valence-electron chi connectivity index (χ0n) is 32.7. The molecule has 1 aliphatic rings. The Kier molecular flexibility index (Phi) is 13.8. The fourth-order valence-corrected chi connectivity index (χ4v) is 39.6. The van der Waals surface area contributed by atoms with Crippen LogP contribution in [0.25, 0.3) is 0 Å². The van der Waals surface area contributed by atoms with Crippen molar-refractivity contribution in [3.8, 4) is 0 Å². The Balaban J connectivity index is 3.16. The second-order valence-corrected chi connectivity index (χ2v) is 36.3. The molecule has 0 aliphatic carbocycles. The Morgan fingerprint density at radius 1 is 0.457 bits per heavy atom. The van der Waals surface area contributed by atoms with Crippen LogP contribution in [0, 0.1) is 0 Å². The Bertz CT molecular complexity index is 1010. The first-order valence-electron chi connectivity index (χ1n) is 18.1. The van der Waals surface area contributed by atoms with E-state index in [1.54, 1.807) is 12.1 Å². The van der Waals surface area contributed by atoms with Gasteiger partial charge in [0.2, 0.25) is 0 Å². The molecule has 0 radical (unpaired) electrons. The number of nitrogens with zero attached hydrogens (tertiary/aromatic N) is 1. The number of rotatable bonds is 17. The van der Waals surface area contributed by atoms with E-state index >= 15 is 0 Å². The SMILES string of the molecule is CC(C)[Si](O[Si](CN1C(=O)c2ccccc2C1=O)(O[Si](C(C)C)(C(C)C)C(C)C)O[Si](C(C)C)(C(C)C)C(C)C)(C(C)C)C(C)C. The van der Waals surface area contributed by atoms with E-state index in [2.05, 4.69) is 125 Å². The predicted molar refractivity (Wildman–Crippen MR) is 204 cm³/mol. The molecule has 0 bridgehead atoms. The summed E-state index contributed by atoms with van der Waals surface area (Å²) in [7, 11) is -11.9. The lowest BCUT2D eigenvalue weighted by Gasteiger charge is -2.56. The first-order valence-corrected chi connectivity index (χ1v) is 26.4. The molecular weight excluding hydrogens is 639 g/mol. The number of carbonyl (C=O) groups is 2. The van der Waals surface area contributed by atoms with Crippen LogP contribution in [0.2, 0.25) is 49.9 Å². The summed E-state index contributed by atoms with van der Waals surface area (Å²) in [6.45, 7) is 41.3. The normalized spacial score (nSPS) is 15.6. The molecule has 6 nitrogen and oxygen atoms in total. The van der Waals surface area contributed by atoms with Crippen LogP contribution in [-0.2, 0) is 12.3 Å². The van der Waals surface area contributed by atoms with Gasteiger partial charge in [-0.15, -0.1) is 0 Å². The highest BCUT2D eigenvalue weighted by Crippen LogP contribution is 2.52. The van der Waals surface area contributed by atoms with E-state index in [4.69, 9.17) is 12.3 Å². The van der Waals surface area contributed by atoms with Crippen LogP contribution < -0.4 is 0 Å². The van der Waals surface area contributed by atoms with Crippen molar-refractivity contribution < 1.29 is 21.9 Å². The number of carbonyl (C=O) groups excluding carboxylic acids is 2. The van der Waals surface area contributed by atoms with Crippen LogP contribution in [0.3, 0.4) is 0 Å². The van der Waals surface area contributed by atoms with Crippen molar-refractivity contribution in [1.82, 2.24) is 4.90 Å². The van der Waals surface area contributed by atoms with Crippen molar-refractivity contribution in [2.45, 2.75) is 174 Å². The van der Waals surface area contributed by atoms with E-state index in [-0.39, 0.29) is 67.9 Å². The Morgan fingerprint density at radius 2 is 0.674 bits per heavy atom. The van der Waals surface area contributed by atoms with Gasteiger partial charge in [0.05, 0.1) is 17.3 Å². The van der Waals surface area contributed by atoms with Gasteiger partial charge in [0.25, 0.3) is 11.8 Å². The van der Waals surface area contributed by atoms with Crippen molar-refractivity contribution in [2.75, 3.05) is 6.17 Å². The molecule has 0 unspecified atom stereocenters. The van der Waals surface area contributed by atoms with Crippen molar-refractivity contribution in [1.29, 1.82) is 0 Å². The van der Waals surface area contributed by atoms with Crippen molar-refractivity contribution in [3.63, 3.8) is 0 Å². The number of hydrogen-bond donors (Lipinski definition) is 0. The molecule has 0 spiro atoms. The number of imide groups is 1. The molecule has 46 heavy (non-hydrogen) atoms. The summed E-state index contributed by atoms with van der Waals surface area (Å²) in [6, 6.07) is 7.19. The Hall–Kier alpha value is -0.892. The van der Waals surface area contributed by atoms with Crippen LogP contribution in [0.4, 0.5) is 0 Å². The van der Waals surface area contributed by atoms with Crippen LogP contribution >= 0.6 is 0 Å². The largest absolute Gasteiger partial charge is 0.490 e. The fourth-order valence-electron chi connectivity index (χ4n) is 9.60. The lowest BCUT2D eigenvalue weighted by atomic mass is 10.1.